The van der Waals surface area contributed by atoms with Gasteiger partial charge in [0.05, 0.1) is 0 Å². The number of nitrogens with one attached hydrogen (secondary N) is 1. The Hall–Kier alpha value is -1.39. The van der Waals surface area contributed by atoms with Gasteiger partial charge in [-0.1, -0.05) is 6.92 Å². The number of piperidine rings is 1. The highest BCUT2D eigenvalue weighted by Crippen LogP contribution is 2.25. The number of carbonyl (C=O) groups excluding carboxylic acids is 1. The highest BCUT2D eigenvalue weighted by molar-refractivity contribution is 5.86. The van der Waals surface area contributed by atoms with Crippen molar-refractivity contribution in [2.45, 2.75) is 39.0 Å². The molecule has 0 bridgehead atoms. The molecule has 5 heteroatoms. The highest BCUT2D eigenvalue weighted by atomic mass is 16.2. The molecule has 1 aliphatic rings. The van der Waals surface area contributed by atoms with E-state index < -0.39 is 5.41 Å². The first kappa shape index (κ1) is 12.1. The highest BCUT2D eigenvalue weighted by Gasteiger charge is 2.37. The number of hydrogen-bond acceptors (Lipinski definition) is 3. The van der Waals surface area contributed by atoms with Gasteiger partial charge < -0.3 is 4.90 Å². The van der Waals surface area contributed by atoms with E-state index in [0.29, 0.717) is 5.82 Å². The second-order valence-electron chi connectivity index (χ2n) is 5.43. The number of amides is 1. The molecule has 0 aliphatic carbocycles. The third kappa shape index (κ3) is 2.33. The molecule has 0 radical (unpaired) electrons. The number of carbonyl (C=O) groups is 1. The number of H-pyrrole nitrogens is 1. The van der Waals surface area contributed by atoms with Crippen molar-refractivity contribution in [2.75, 3.05) is 13.1 Å². The molecule has 0 unspecified atom stereocenters. The van der Waals surface area contributed by atoms with Crippen LogP contribution in [0.2, 0.25) is 0 Å². The van der Waals surface area contributed by atoms with Crippen LogP contribution in [-0.4, -0.2) is 39.1 Å². The minimum atomic E-state index is -0.614. The molecule has 5 nitrogen and oxygen atoms in total. The van der Waals surface area contributed by atoms with Gasteiger partial charge >= 0.3 is 0 Å². The first-order chi connectivity index (χ1) is 8.01. The van der Waals surface area contributed by atoms with Crippen molar-refractivity contribution >= 4 is 5.91 Å². The maximum absolute atomic E-state index is 12.5. The van der Waals surface area contributed by atoms with E-state index >= 15 is 0 Å². The smallest absolute Gasteiger partial charge is 0.235 e. The molecule has 17 heavy (non-hydrogen) atoms. The van der Waals surface area contributed by atoms with Crippen molar-refractivity contribution in [2.24, 2.45) is 5.92 Å². The van der Waals surface area contributed by atoms with Crippen LogP contribution in [0.15, 0.2) is 6.33 Å². The summed E-state index contributed by atoms with van der Waals surface area (Å²) in [6.07, 6.45) is 3.64. The van der Waals surface area contributed by atoms with Gasteiger partial charge in [0.2, 0.25) is 5.91 Å². The van der Waals surface area contributed by atoms with Gasteiger partial charge in [0, 0.05) is 13.1 Å². The average molecular weight is 236 g/mol. The van der Waals surface area contributed by atoms with Crippen molar-refractivity contribution in [3.63, 3.8) is 0 Å². The quantitative estimate of drug-likeness (QED) is 0.843. The third-order valence-electron chi connectivity index (χ3n) is 3.61. The monoisotopic (exact) mass is 236 g/mol. The summed E-state index contributed by atoms with van der Waals surface area (Å²) in [6.45, 7) is 7.75. The lowest BCUT2D eigenvalue weighted by molar-refractivity contribution is -0.137. The summed E-state index contributed by atoms with van der Waals surface area (Å²) in [5.74, 6) is 1.51. The van der Waals surface area contributed by atoms with Gasteiger partial charge in [-0.3, -0.25) is 9.89 Å². The second kappa shape index (κ2) is 4.47. The number of nitrogens with zero attached hydrogens (tertiary/aromatic N) is 3. The zero-order chi connectivity index (χ0) is 12.5. The molecule has 0 spiro atoms. The molecule has 1 saturated heterocycles. The van der Waals surface area contributed by atoms with Gasteiger partial charge in [0.15, 0.2) is 0 Å². The summed E-state index contributed by atoms with van der Waals surface area (Å²) >= 11 is 0. The summed E-state index contributed by atoms with van der Waals surface area (Å²) < 4.78 is 0. The van der Waals surface area contributed by atoms with E-state index in [1.165, 1.54) is 6.33 Å². The molecule has 1 aliphatic heterocycles. The molecule has 0 saturated carbocycles. The first-order valence-corrected chi connectivity index (χ1v) is 6.17. The largest absolute Gasteiger partial charge is 0.342 e. The van der Waals surface area contributed by atoms with Crippen LogP contribution in [0.5, 0.6) is 0 Å². The molecule has 1 N–H and O–H groups in total. The Balaban J connectivity index is 2.09. The molecule has 2 rings (SSSR count). The van der Waals surface area contributed by atoms with Crippen LogP contribution in [0.1, 0.15) is 39.4 Å². The van der Waals surface area contributed by atoms with Crippen molar-refractivity contribution in [1.29, 1.82) is 0 Å². The van der Waals surface area contributed by atoms with Crippen molar-refractivity contribution in [3.8, 4) is 0 Å². The Kier molecular flexibility index (Phi) is 3.17. The van der Waals surface area contributed by atoms with E-state index in [-0.39, 0.29) is 5.91 Å². The second-order valence-corrected chi connectivity index (χ2v) is 5.43. The fourth-order valence-corrected chi connectivity index (χ4v) is 2.21. The summed E-state index contributed by atoms with van der Waals surface area (Å²) in [6, 6.07) is 0. The molecule has 1 fully saturated rings. The summed E-state index contributed by atoms with van der Waals surface area (Å²) in [7, 11) is 0. The molecule has 1 aromatic rings. The zero-order valence-corrected chi connectivity index (χ0v) is 10.7. The number of aromatic nitrogens is 3. The van der Waals surface area contributed by atoms with E-state index in [1.54, 1.807) is 0 Å². The van der Waals surface area contributed by atoms with Crippen LogP contribution in [0.25, 0.3) is 0 Å². The third-order valence-corrected chi connectivity index (χ3v) is 3.61. The zero-order valence-electron chi connectivity index (χ0n) is 10.7. The minimum absolute atomic E-state index is 0.140. The van der Waals surface area contributed by atoms with Gasteiger partial charge in [-0.15, -0.1) is 0 Å². The van der Waals surface area contributed by atoms with Crippen LogP contribution < -0.4 is 0 Å². The molecule has 1 aromatic heterocycles. The number of likely N-dealkylation sites (tertiary alicyclic amines) is 1. The maximum atomic E-state index is 12.5. The van der Waals surface area contributed by atoms with Crippen LogP contribution in [0, 0.1) is 5.92 Å². The van der Waals surface area contributed by atoms with Crippen molar-refractivity contribution in [1.82, 2.24) is 20.1 Å². The van der Waals surface area contributed by atoms with Crippen LogP contribution in [0.4, 0.5) is 0 Å². The molecule has 0 aromatic carbocycles. The van der Waals surface area contributed by atoms with Crippen LogP contribution in [-0.2, 0) is 10.2 Å². The van der Waals surface area contributed by atoms with Gasteiger partial charge in [0.1, 0.15) is 17.6 Å². The van der Waals surface area contributed by atoms with Crippen LogP contribution in [0.3, 0.4) is 0 Å². The Bertz CT molecular complexity index is 377. The fraction of sp³-hybridized carbons (Fsp3) is 0.750. The van der Waals surface area contributed by atoms with E-state index in [2.05, 4.69) is 22.1 Å². The Labute approximate surface area is 102 Å². The van der Waals surface area contributed by atoms with E-state index in [1.807, 2.05) is 18.7 Å². The topological polar surface area (TPSA) is 61.9 Å². The lowest BCUT2D eigenvalue weighted by Crippen LogP contribution is -2.47. The Morgan fingerprint density at radius 2 is 2.12 bits per heavy atom. The minimum Gasteiger partial charge on any atom is -0.342 e. The predicted octanol–water partition coefficient (Wildman–Crippen LogP) is 1.34. The lowest BCUT2D eigenvalue weighted by atomic mass is 9.88. The fourth-order valence-electron chi connectivity index (χ4n) is 2.21. The van der Waals surface area contributed by atoms with Gasteiger partial charge in [-0.25, -0.2) is 4.98 Å². The molecule has 2 heterocycles. The molecule has 1 amide bonds. The van der Waals surface area contributed by atoms with Gasteiger partial charge in [-0.05, 0) is 32.6 Å². The summed E-state index contributed by atoms with van der Waals surface area (Å²) in [4.78, 5) is 18.5. The maximum Gasteiger partial charge on any atom is 0.235 e. The van der Waals surface area contributed by atoms with Crippen molar-refractivity contribution in [3.05, 3.63) is 12.2 Å². The Morgan fingerprint density at radius 1 is 1.47 bits per heavy atom. The standard InChI is InChI=1S/C12H20N4O/c1-9-4-6-16(7-5-9)11(17)12(2,3)10-13-8-14-15-10/h8-9H,4-7H2,1-3H3,(H,13,14,15). The number of rotatable bonds is 2. The normalized spacial score (nSPS) is 18.4. The van der Waals surface area contributed by atoms with E-state index in [4.69, 9.17) is 0 Å². The molecule has 94 valence electrons. The van der Waals surface area contributed by atoms with E-state index in [9.17, 15) is 4.79 Å². The summed E-state index contributed by atoms with van der Waals surface area (Å²) in [5, 5.41) is 6.62. The van der Waals surface area contributed by atoms with Gasteiger partial charge in [-0.2, -0.15) is 5.10 Å². The summed E-state index contributed by atoms with van der Waals surface area (Å²) in [5.41, 5.74) is -0.614. The van der Waals surface area contributed by atoms with E-state index in [0.717, 1.165) is 31.8 Å². The Morgan fingerprint density at radius 3 is 2.65 bits per heavy atom. The predicted molar refractivity (Wildman–Crippen MR) is 64.4 cm³/mol. The molecule has 0 atom stereocenters. The molecular formula is C12H20N4O. The first-order valence-electron chi connectivity index (χ1n) is 6.17. The van der Waals surface area contributed by atoms with Crippen LogP contribution >= 0.6 is 0 Å². The lowest BCUT2D eigenvalue weighted by Gasteiger charge is -2.35. The molecular weight excluding hydrogens is 216 g/mol. The van der Waals surface area contributed by atoms with Crippen molar-refractivity contribution < 1.29 is 4.79 Å². The van der Waals surface area contributed by atoms with Gasteiger partial charge in [0.25, 0.3) is 0 Å². The number of hydrogen-bond donors (Lipinski definition) is 1. The average Bonchev–Trinajstić information content (AvgIpc) is 2.83. The SMILES string of the molecule is CC1CCN(C(=O)C(C)(C)c2ncn[nH]2)CC1. The number of aromatic amines is 1.